The van der Waals surface area contributed by atoms with Crippen LogP contribution in [-0.4, -0.2) is 37.1 Å². The Morgan fingerprint density at radius 1 is 1.17 bits per heavy atom. The van der Waals surface area contributed by atoms with E-state index in [0.29, 0.717) is 0 Å². The molecule has 3 aliphatic rings. The molecule has 0 aromatic rings. The van der Waals surface area contributed by atoms with Crippen LogP contribution in [0.4, 0.5) is 0 Å². The summed E-state index contributed by atoms with van der Waals surface area (Å²) in [5.74, 6) is 0.958. The SMILES string of the molecule is CC1CC(CN2CCC3(CCCCC3)C2)CCN1. The van der Waals surface area contributed by atoms with Gasteiger partial charge in [-0.2, -0.15) is 0 Å². The van der Waals surface area contributed by atoms with E-state index in [-0.39, 0.29) is 0 Å². The molecule has 2 heteroatoms. The van der Waals surface area contributed by atoms with Gasteiger partial charge in [0.2, 0.25) is 0 Å². The zero-order valence-corrected chi connectivity index (χ0v) is 12.1. The summed E-state index contributed by atoms with van der Waals surface area (Å²) in [6, 6.07) is 0.745. The molecule has 1 saturated carbocycles. The molecule has 2 nitrogen and oxygen atoms in total. The van der Waals surface area contributed by atoms with Gasteiger partial charge in [-0.15, -0.1) is 0 Å². The van der Waals surface area contributed by atoms with Gasteiger partial charge in [-0.3, -0.25) is 0 Å². The fourth-order valence-electron chi connectivity index (χ4n) is 4.66. The lowest BCUT2D eigenvalue weighted by Crippen LogP contribution is -2.40. The molecule has 2 unspecified atom stereocenters. The number of likely N-dealkylation sites (tertiary alicyclic amines) is 1. The van der Waals surface area contributed by atoms with Crippen molar-refractivity contribution in [1.82, 2.24) is 10.2 Å². The predicted molar refractivity (Wildman–Crippen MR) is 76.8 cm³/mol. The third-order valence-corrected chi connectivity index (χ3v) is 5.68. The Labute approximate surface area is 113 Å². The number of nitrogens with zero attached hydrogens (tertiary/aromatic N) is 1. The number of hydrogen-bond donors (Lipinski definition) is 1. The van der Waals surface area contributed by atoms with Gasteiger partial charge in [0.05, 0.1) is 0 Å². The Kier molecular flexibility index (Phi) is 3.95. The van der Waals surface area contributed by atoms with Crippen LogP contribution in [0.25, 0.3) is 0 Å². The number of piperidine rings is 1. The third kappa shape index (κ3) is 2.91. The quantitative estimate of drug-likeness (QED) is 0.810. The van der Waals surface area contributed by atoms with E-state index >= 15 is 0 Å². The van der Waals surface area contributed by atoms with Gasteiger partial charge in [0.1, 0.15) is 0 Å². The Balaban J connectivity index is 1.49. The molecular weight excluding hydrogens is 220 g/mol. The first kappa shape index (κ1) is 12.9. The molecule has 0 amide bonds. The zero-order valence-electron chi connectivity index (χ0n) is 12.1. The molecule has 1 aliphatic carbocycles. The summed E-state index contributed by atoms with van der Waals surface area (Å²) < 4.78 is 0. The van der Waals surface area contributed by atoms with Gasteiger partial charge in [0.15, 0.2) is 0 Å². The lowest BCUT2D eigenvalue weighted by molar-refractivity contribution is 0.164. The molecule has 1 spiro atoms. The molecule has 0 bridgehead atoms. The largest absolute Gasteiger partial charge is 0.314 e. The smallest absolute Gasteiger partial charge is 0.00418 e. The Morgan fingerprint density at radius 2 is 2.00 bits per heavy atom. The molecule has 0 aromatic heterocycles. The minimum Gasteiger partial charge on any atom is -0.314 e. The van der Waals surface area contributed by atoms with E-state index in [2.05, 4.69) is 17.1 Å². The minimum absolute atomic E-state index is 0.745. The molecule has 2 saturated heterocycles. The van der Waals surface area contributed by atoms with E-state index in [9.17, 15) is 0 Å². The Bertz CT molecular complexity index is 270. The van der Waals surface area contributed by atoms with Crippen molar-refractivity contribution in [3.63, 3.8) is 0 Å². The van der Waals surface area contributed by atoms with Gasteiger partial charge in [-0.05, 0) is 63.5 Å². The summed E-state index contributed by atoms with van der Waals surface area (Å²) >= 11 is 0. The highest BCUT2D eigenvalue weighted by Crippen LogP contribution is 2.43. The average Bonchev–Trinajstić information content (AvgIpc) is 2.73. The first-order chi connectivity index (χ1) is 8.76. The Morgan fingerprint density at radius 3 is 2.78 bits per heavy atom. The zero-order chi connectivity index (χ0) is 12.4. The monoisotopic (exact) mass is 250 g/mol. The maximum absolute atomic E-state index is 3.58. The molecule has 3 rings (SSSR count). The van der Waals surface area contributed by atoms with Gasteiger partial charge >= 0.3 is 0 Å². The summed E-state index contributed by atoms with van der Waals surface area (Å²) in [6.07, 6.45) is 11.8. The fraction of sp³-hybridized carbons (Fsp3) is 1.00. The van der Waals surface area contributed by atoms with E-state index in [4.69, 9.17) is 0 Å². The van der Waals surface area contributed by atoms with Crippen LogP contribution in [0, 0.1) is 11.3 Å². The number of nitrogens with one attached hydrogen (secondary N) is 1. The number of hydrogen-bond acceptors (Lipinski definition) is 2. The maximum Gasteiger partial charge on any atom is 0.00418 e. The first-order valence-corrected chi connectivity index (χ1v) is 8.22. The van der Waals surface area contributed by atoms with Crippen molar-refractivity contribution < 1.29 is 0 Å². The van der Waals surface area contributed by atoms with Crippen molar-refractivity contribution in [3.8, 4) is 0 Å². The van der Waals surface area contributed by atoms with Crippen LogP contribution >= 0.6 is 0 Å². The lowest BCUT2D eigenvalue weighted by atomic mass is 9.73. The second-order valence-corrected chi connectivity index (χ2v) is 7.29. The van der Waals surface area contributed by atoms with Crippen molar-refractivity contribution in [1.29, 1.82) is 0 Å². The van der Waals surface area contributed by atoms with Crippen molar-refractivity contribution in [2.45, 2.75) is 64.3 Å². The molecule has 0 aromatic carbocycles. The van der Waals surface area contributed by atoms with Crippen LogP contribution in [0.15, 0.2) is 0 Å². The van der Waals surface area contributed by atoms with Crippen molar-refractivity contribution in [3.05, 3.63) is 0 Å². The molecule has 2 aliphatic heterocycles. The van der Waals surface area contributed by atoms with Gasteiger partial charge in [-0.25, -0.2) is 0 Å². The molecule has 104 valence electrons. The second kappa shape index (κ2) is 5.50. The predicted octanol–water partition coefficient (Wildman–Crippen LogP) is 3.03. The van der Waals surface area contributed by atoms with Crippen LogP contribution in [0.1, 0.15) is 58.3 Å². The minimum atomic E-state index is 0.745. The normalized spacial score (nSPS) is 37.2. The lowest BCUT2D eigenvalue weighted by Gasteiger charge is -2.35. The van der Waals surface area contributed by atoms with Crippen LogP contribution in [0.5, 0.6) is 0 Å². The van der Waals surface area contributed by atoms with Crippen LogP contribution in [0.2, 0.25) is 0 Å². The van der Waals surface area contributed by atoms with Gasteiger partial charge in [0, 0.05) is 19.1 Å². The van der Waals surface area contributed by atoms with E-state index in [1.54, 1.807) is 0 Å². The van der Waals surface area contributed by atoms with E-state index in [1.807, 2.05) is 0 Å². The molecule has 18 heavy (non-hydrogen) atoms. The highest BCUT2D eigenvalue weighted by molar-refractivity contribution is 4.92. The van der Waals surface area contributed by atoms with Crippen LogP contribution < -0.4 is 5.32 Å². The van der Waals surface area contributed by atoms with Crippen molar-refractivity contribution >= 4 is 0 Å². The summed E-state index contributed by atoms with van der Waals surface area (Å²) in [5.41, 5.74) is 0.747. The summed E-state index contributed by atoms with van der Waals surface area (Å²) in [4.78, 5) is 2.80. The standard InChI is InChI=1S/C16H30N2/c1-14-11-15(5-9-17-14)12-18-10-8-16(13-18)6-3-2-4-7-16/h14-15,17H,2-13H2,1H3. The average molecular weight is 250 g/mol. The highest BCUT2D eigenvalue weighted by atomic mass is 15.2. The highest BCUT2D eigenvalue weighted by Gasteiger charge is 2.39. The van der Waals surface area contributed by atoms with Gasteiger partial charge in [0.25, 0.3) is 0 Å². The fourth-order valence-corrected chi connectivity index (χ4v) is 4.66. The van der Waals surface area contributed by atoms with Gasteiger partial charge in [-0.1, -0.05) is 19.3 Å². The van der Waals surface area contributed by atoms with E-state index < -0.39 is 0 Å². The molecule has 3 fully saturated rings. The second-order valence-electron chi connectivity index (χ2n) is 7.29. The molecular formula is C16H30N2. The topological polar surface area (TPSA) is 15.3 Å². The summed E-state index contributed by atoms with van der Waals surface area (Å²) in [5, 5.41) is 3.58. The number of rotatable bonds is 2. The first-order valence-electron chi connectivity index (χ1n) is 8.22. The molecule has 0 radical (unpaired) electrons. The van der Waals surface area contributed by atoms with Crippen molar-refractivity contribution in [2.75, 3.05) is 26.2 Å². The summed E-state index contributed by atoms with van der Waals surface area (Å²) in [6.45, 7) is 7.78. The van der Waals surface area contributed by atoms with E-state index in [1.165, 1.54) is 77.5 Å². The van der Waals surface area contributed by atoms with Crippen molar-refractivity contribution in [2.24, 2.45) is 11.3 Å². The van der Waals surface area contributed by atoms with Gasteiger partial charge < -0.3 is 10.2 Å². The van der Waals surface area contributed by atoms with E-state index in [0.717, 1.165) is 17.4 Å². The Hall–Kier alpha value is -0.0800. The molecule has 2 atom stereocenters. The van der Waals surface area contributed by atoms with Crippen LogP contribution in [0.3, 0.4) is 0 Å². The maximum atomic E-state index is 3.58. The molecule has 2 heterocycles. The summed E-state index contributed by atoms with van der Waals surface area (Å²) in [7, 11) is 0. The molecule has 1 N–H and O–H groups in total. The third-order valence-electron chi connectivity index (χ3n) is 5.68. The van der Waals surface area contributed by atoms with Crippen LogP contribution in [-0.2, 0) is 0 Å².